The second-order valence-corrected chi connectivity index (χ2v) is 7.29. The number of carboxylic acid groups (broad SMARTS) is 1. The van der Waals surface area contributed by atoms with Gasteiger partial charge in [-0.3, -0.25) is 9.20 Å². The second kappa shape index (κ2) is 7.13. The van der Waals surface area contributed by atoms with Gasteiger partial charge in [-0.15, -0.1) is 12.4 Å². The highest BCUT2D eigenvalue weighted by Crippen LogP contribution is 2.44. The maximum Gasteiger partial charge on any atom is 0.341 e. The number of hydrogen-bond donors (Lipinski definition) is 2. The summed E-state index contributed by atoms with van der Waals surface area (Å²) in [6.07, 6.45) is 4.92. The van der Waals surface area contributed by atoms with E-state index in [1.807, 2.05) is 11.8 Å². The largest absolute Gasteiger partial charge is 0.477 e. The molecule has 8 heteroatoms. The Labute approximate surface area is 162 Å². The number of halogens is 2. The minimum atomic E-state index is -1.28. The molecule has 0 unspecified atom stereocenters. The predicted molar refractivity (Wildman–Crippen MR) is 104 cm³/mol. The molecule has 2 aromatic rings. The molecular weight excluding hydrogens is 373 g/mol. The second-order valence-electron chi connectivity index (χ2n) is 7.29. The van der Waals surface area contributed by atoms with Gasteiger partial charge in [-0.1, -0.05) is 0 Å². The molecule has 2 aliphatic rings. The van der Waals surface area contributed by atoms with Crippen molar-refractivity contribution in [3.8, 4) is 0 Å². The van der Waals surface area contributed by atoms with Crippen molar-refractivity contribution in [2.75, 3.05) is 18.0 Å². The third-order valence-electron chi connectivity index (χ3n) is 5.63. The lowest BCUT2D eigenvalue weighted by Crippen LogP contribution is -2.37. The molecule has 2 fully saturated rings. The third kappa shape index (κ3) is 3.08. The van der Waals surface area contributed by atoms with Gasteiger partial charge in [0, 0.05) is 19.1 Å². The van der Waals surface area contributed by atoms with E-state index in [0.717, 1.165) is 44.0 Å². The van der Waals surface area contributed by atoms with Gasteiger partial charge in [-0.2, -0.15) is 0 Å². The molecule has 0 radical (unpaired) electrons. The molecule has 0 amide bonds. The Balaban J connectivity index is 0.00000210. The van der Waals surface area contributed by atoms with Crippen LogP contribution in [0.2, 0.25) is 0 Å². The van der Waals surface area contributed by atoms with Crippen molar-refractivity contribution in [2.24, 2.45) is 5.73 Å². The number of fused-ring (bicyclic) bond motifs is 1. The summed E-state index contributed by atoms with van der Waals surface area (Å²) in [5, 5.41) is 9.35. The number of aromatic nitrogens is 1. The fourth-order valence-electron chi connectivity index (χ4n) is 4.23. The van der Waals surface area contributed by atoms with E-state index in [-0.39, 0.29) is 29.9 Å². The summed E-state index contributed by atoms with van der Waals surface area (Å²) >= 11 is 0. The van der Waals surface area contributed by atoms with Crippen LogP contribution in [0.1, 0.15) is 53.1 Å². The van der Waals surface area contributed by atoms with Crippen molar-refractivity contribution in [3.05, 3.63) is 45.1 Å². The van der Waals surface area contributed by atoms with E-state index in [0.29, 0.717) is 23.3 Å². The molecule has 1 aliphatic heterocycles. The van der Waals surface area contributed by atoms with E-state index >= 15 is 4.39 Å². The molecular formula is C19H23ClFN3O3. The first-order valence-corrected chi connectivity index (χ1v) is 9.02. The number of carboxylic acids is 1. The fraction of sp³-hybridized carbons (Fsp3) is 0.474. The van der Waals surface area contributed by atoms with Crippen molar-refractivity contribution in [2.45, 2.75) is 44.6 Å². The molecule has 2 aromatic heterocycles. The van der Waals surface area contributed by atoms with Gasteiger partial charge in [-0.25, -0.2) is 9.18 Å². The van der Waals surface area contributed by atoms with Crippen LogP contribution >= 0.6 is 12.4 Å². The molecule has 0 aromatic carbocycles. The van der Waals surface area contributed by atoms with Crippen molar-refractivity contribution in [1.82, 2.24) is 4.40 Å². The number of nitrogens with two attached hydrogens (primary N) is 1. The number of nitrogens with zero attached hydrogens (tertiary/aromatic N) is 2. The number of rotatable bonds is 4. The van der Waals surface area contributed by atoms with E-state index in [1.54, 1.807) is 0 Å². The Morgan fingerprint density at radius 2 is 2.07 bits per heavy atom. The molecule has 1 atom stereocenters. The van der Waals surface area contributed by atoms with Gasteiger partial charge in [0.2, 0.25) is 0 Å². The van der Waals surface area contributed by atoms with Crippen LogP contribution in [0.5, 0.6) is 0 Å². The van der Waals surface area contributed by atoms with Crippen LogP contribution < -0.4 is 16.2 Å². The van der Waals surface area contributed by atoms with Crippen LogP contribution in [0.4, 0.5) is 10.1 Å². The van der Waals surface area contributed by atoms with Crippen LogP contribution in [0.3, 0.4) is 0 Å². The maximum atomic E-state index is 15.0. The Morgan fingerprint density at radius 1 is 1.37 bits per heavy atom. The zero-order valence-electron chi connectivity index (χ0n) is 15.1. The summed E-state index contributed by atoms with van der Waals surface area (Å²) < 4.78 is 16.2. The standard InChI is InChI=1S/C19H22FN3O3.ClH/c1-10-16-13(11-4-5-11)7-14(19(25)26)18(24)23(16)9-15(20)17(10)22-6-2-3-12(22)8-21;/h7,9,11-12H,2-6,8,21H2,1H3,(H,25,26);1H/t12-;/m0./s1. The SMILES string of the molecule is Cc1c(N2CCC[C@H]2CN)c(F)cn2c(=O)c(C(=O)O)cc(C3CC3)c12.Cl. The molecule has 27 heavy (non-hydrogen) atoms. The molecule has 1 aliphatic carbocycles. The van der Waals surface area contributed by atoms with Crippen molar-refractivity contribution < 1.29 is 14.3 Å². The summed E-state index contributed by atoms with van der Waals surface area (Å²) in [5.74, 6) is -1.57. The van der Waals surface area contributed by atoms with E-state index < -0.39 is 17.3 Å². The van der Waals surface area contributed by atoms with Crippen molar-refractivity contribution in [3.63, 3.8) is 0 Å². The molecule has 3 heterocycles. The normalized spacial score (nSPS) is 19.4. The van der Waals surface area contributed by atoms with Crippen molar-refractivity contribution >= 4 is 29.6 Å². The first-order chi connectivity index (χ1) is 12.4. The summed E-state index contributed by atoms with van der Waals surface area (Å²) in [7, 11) is 0. The highest BCUT2D eigenvalue weighted by Gasteiger charge is 2.32. The molecule has 0 bridgehead atoms. The van der Waals surface area contributed by atoms with Gasteiger partial charge in [0.05, 0.1) is 17.4 Å². The van der Waals surface area contributed by atoms with Crippen LogP contribution in [0, 0.1) is 12.7 Å². The molecule has 3 N–H and O–H groups in total. The first-order valence-electron chi connectivity index (χ1n) is 9.02. The Hall–Kier alpha value is -2.12. The Morgan fingerprint density at radius 3 is 2.67 bits per heavy atom. The molecule has 1 saturated heterocycles. The van der Waals surface area contributed by atoms with Gasteiger partial charge in [0.1, 0.15) is 5.56 Å². The van der Waals surface area contributed by atoms with Gasteiger partial charge in [-0.05, 0) is 55.7 Å². The van der Waals surface area contributed by atoms with Gasteiger partial charge >= 0.3 is 5.97 Å². The van der Waals surface area contributed by atoms with Gasteiger partial charge in [0.25, 0.3) is 5.56 Å². The van der Waals surface area contributed by atoms with Crippen LogP contribution in [-0.4, -0.2) is 34.6 Å². The minimum absolute atomic E-state index is 0. The van der Waals surface area contributed by atoms with Crippen LogP contribution in [-0.2, 0) is 0 Å². The zero-order chi connectivity index (χ0) is 18.6. The molecule has 6 nitrogen and oxygen atoms in total. The quantitative estimate of drug-likeness (QED) is 0.830. The minimum Gasteiger partial charge on any atom is -0.477 e. The summed E-state index contributed by atoms with van der Waals surface area (Å²) in [4.78, 5) is 26.1. The number of carbonyl (C=O) groups is 1. The first kappa shape index (κ1) is 19.6. The topological polar surface area (TPSA) is 88.0 Å². The third-order valence-corrected chi connectivity index (χ3v) is 5.63. The van der Waals surface area contributed by atoms with Gasteiger partial charge in [0.15, 0.2) is 5.82 Å². The predicted octanol–water partition coefficient (Wildman–Crippen LogP) is 2.67. The highest BCUT2D eigenvalue weighted by molar-refractivity contribution is 5.89. The lowest BCUT2D eigenvalue weighted by atomic mass is 10.0. The average Bonchev–Trinajstić information content (AvgIpc) is 3.34. The van der Waals surface area contributed by atoms with Gasteiger partial charge < -0.3 is 15.7 Å². The van der Waals surface area contributed by atoms with E-state index in [2.05, 4.69) is 0 Å². The Bertz CT molecular complexity index is 971. The summed E-state index contributed by atoms with van der Waals surface area (Å²) in [5.41, 5.74) is 7.49. The lowest BCUT2D eigenvalue weighted by molar-refractivity contribution is 0.0694. The van der Waals surface area contributed by atoms with E-state index in [4.69, 9.17) is 5.73 Å². The monoisotopic (exact) mass is 395 g/mol. The Kier molecular flexibility index (Phi) is 5.18. The number of hydrogen-bond acceptors (Lipinski definition) is 4. The average molecular weight is 396 g/mol. The number of aryl methyl sites for hydroxylation is 1. The number of aromatic carboxylic acids is 1. The highest BCUT2D eigenvalue weighted by atomic mass is 35.5. The smallest absolute Gasteiger partial charge is 0.341 e. The van der Waals surface area contributed by atoms with Crippen molar-refractivity contribution in [1.29, 1.82) is 0 Å². The molecule has 1 saturated carbocycles. The number of pyridine rings is 2. The summed E-state index contributed by atoms with van der Waals surface area (Å²) in [6, 6.07) is 1.57. The lowest BCUT2D eigenvalue weighted by Gasteiger charge is -2.29. The maximum absolute atomic E-state index is 15.0. The van der Waals surface area contributed by atoms with E-state index in [1.165, 1.54) is 10.5 Å². The fourth-order valence-corrected chi connectivity index (χ4v) is 4.23. The molecule has 0 spiro atoms. The number of anilines is 1. The van der Waals surface area contributed by atoms with Crippen LogP contribution in [0.15, 0.2) is 17.1 Å². The van der Waals surface area contributed by atoms with E-state index in [9.17, 15) is 14.7 Å². The molecule has 146 valence electrons. The molecule has 4 rings (SSSR count). The summed E-state index contributed by atoms with van der Waals surface area (Å²) in [6.45, 7) is 2.99. The zero-order valence-corrected chi connectivity index (χ0v) is 15.9. The van der Waals surface area contributed by atoms with Crippen LogP contribution in [0.25, 0.3) is 5.52 Å².